The Morgan fingerprint density at radius 1 is 1.20 bits per heavy atom. The highest BCUT2D eigenvalue weighted by molar-refractivity contribution is 8.00. The van der Waals surface area contributed by atoms with E-state index in [-0.39, 0.29) is 24.1 Å². The number of thioether (sulfide) groups is 1. The molecule has 0 bridgehead atoms. The van der Waals surface area contributed by atoms with Crippen molar-refractivity contribution in [1.29, 1.82) is 0 Å². The molecule has 0 aromatic carbocycles. The molecule has 0 spiro atoms. The molecule has 0 aromatic rings. The Morgan fingerprint density at radius 2 is 1.85 bits per heavy atom. The zero-order chi connectivity index (χ0) is 15.6. The highest BCUT2D eigenvalue weighted by Gasteiger charge is 2.27. The largest absolute Gasteiger partial charge is 0.441 e. The van der Waals surface area contributed by atoms with Crippen LogP contribution in [0.3, 0.4) is 0 Å². The van der Waals surface area contributed by atoms with Gasteiger partial charge in [-0.25, -0.2) is 4.72 Å². The van der Waals surface area contributed by atoms with Gasteiger partial charge in [-0.2, -0.15) is 25.9 Å². The maximum absolute atomic E-state index is 11.9. The van der Waals surface area contributed by atoms with E-state index in [1.54, 1.807) is 0 Å². The van der Waals surface area contributed by atoms with Crippen molar-refractivity contribution in [2.45, 2.75) is 25.3 Å². The quantitative estimate of drug-likeness (QED) is 0.560. The van der Waals surface area contributed by atoms with Gasteiger partial charge in [0.15, 0.2) is 0 Å². The van der Waals surface area contributed by atoms with Gasteiger partial charge in [-0.1, -0.05) is 6.92 Å². The van der Waals surface area contributed by atoms with Crippen molar-refractivity contribution in [3.05, 3.63) is 0 Å². The molecule has 0 fully saturated rings. The molecule has 0 radical (unpaired) electrons. The molecular formula is C10H22F3N3O2S2. The minimum atomic E-state index is -4.33. The van der Waals surface area contributed by atoms with E-state index in [9.17, 15) is 21.6 Å². The van der Waals surface area contributed by atoms with Crippen molar-refractivity contribution >= 4 is 22.0 Å². The van der Waals surface area contributed by atoms with Gasteiger partial charge in [-0.3, -0.25) is 0 Å². The van der Waals surface area contributed by atoms with E-state index in [1.165, 1.54) is 7.05 Å². The van der Waals surface area contributed by atoms with Gasteiger partial charge >= 0.3 is 5.51 Å². The maximum Gasteiger partial charge on any atom is 0.441 e. The molecule has 0 aromatic heterocycles. The van der Waals surface area contributed by atoms with E-state index in [2.05, 4.69) is 10.0 Å². The van der Waals surface area contributed by atoms with Gasteiger partial charge in [0.1, 0.15) is 0 Å². The number of rotatable bonds is 11. The molecule has 0 amide bonds. The predicted octanol–water partition coefficient (Wildman–Crippen LogP) is 1.40. The van der Waals surface area contributed by atoms with Gasteiger partial charge in [0.05, 0.1) is 0 Å². The summed E-state index contributed by atoms with van der Waals surface area (Å²) in [4.78, 5) is 0. The zero-order valence-electron chi connectivity index (χ0n) is 11.7. The van der Waals surface area contributed by atoms with E-state index in [4.69, 9.17) is 0 Å². The first kappa shape index (κ1) is 20.0. The fourth-order valence-electron chi connectivity index (χ4n) is 1.30. The van der Waals surface area contributed by atoms with Crippen molar-refractivity contribution in [3.8, 4) is 0 Å². The topological polar surface area (TPSA) is 61.4 Å². The summed E-state index contributed by atoms with van der Waals surface area (Å²) < 4.78 is 62.2. The molecule has 0 rings (SSSR count). The molecule has 0 saturated heterocycles. The van der Waals surface area contributed by atoms with E-state index in [0.717, 1.165) is 17.3 Å². The number of halogens is 3. The number of hydrogen-bond donors (Lipinski definition) is 2. The molecule has 20 heavy (non-hydrogen) atoms. The lowest BCUT2D eigenvalue weighted by atomic mass is 10.4. The van der Waals surface area contributed by atoms with Gasteiger partial charge in [-0.15, -0.1) is 0 Å². The SMILES string of the molecule is CCCNCCCN(C)S(=O)(=O)NCCSC(F)(F)F. The summed E-state index contributed by atoms with van der Waals surface area (Å²) in [5.74, 6) is -0.339. The van der Waals surface area contributed by atoms with Crippen molar-refractivity contribution in [2.24, 2.45) is 0 Å². The molecule has 0 saturated carbocycles. The van der Waals surface area contributed by atoms with Crippen LogP contribution in [-0.4, -0.2) is 57.2 Å². The summed E-state index contributed by atoms with van der Waals surface area (Å²) in [7, 11) is -2.29. The fraction of sp³-hybridized carbons (Fsp3) is 1.00. The lowest BCUT2D eigenvalue weighted by molar-refractivity contribution is -0.0327. The Hall–Kier alpha value is -0.0300. The van der Waals surface area contributed by atoms with Crippen LogP contribution in [0.5, 0.6) is 0 Å². The first-order valence-corrected chi connectivity index (χ1v) is 8.74. The Kier molecular flexibility index (Phi) is 9.81. The summed E-state index contributed by atoms with van der Waals surface area (Å²) in [6.07, 6.45) is 1.65. The maximum atomic E-state index is 11.9. The minimum Gasteiger partial charge on any atom is -0.317 e. The average molecular weight is 337 g/mol. The van der Waals surface area contributed by atoms with E-state index < -0.39 is 15.7 Å². The first-order chi connectivity index (χ1) is 9.19. The summed E-state index contributed by atoms with van der Waals surface area (Å²) >= 11 is -0.243. The molecule has 122 valence electrons. The highest BCUT2D eigenvalue weighted by Crippen LogP contribution is 2.29. The van der Waals surface area contributed by atoms with Gasteiger partial charge in [0.2, 0.25) is 0 Å². The predicted molar refractivity (Wildman–Crippen MR) is 75.8 cm³/mol. The molecule has 0 aliphatic rings. The number of alkyl halides is 3. The monoisotopic (exact) mass is 337 g/mol. The second-order valence-corrected chi connectivity index (χ2v) is 7.14. The average Bonchev–Trinajstić information content (AvgIpc) is 2.33. The summed E-state index contributed by atoms with van der Waals surface area (Å²) in [6, 6.07) is 0. The Labute approximate surface area is 122 Å². The van der Waals surface area contributed by atoms with Crippen LogP contribution in [0.25, 0.3) is 0 Å². The Bertz CT molecular complexity index is 350. The Balaban J connectivity index is 3.85. The lowest BCUT2D eigenvalue weighted by Gasteiger charge is -2.17. The summed E-state index contributed by atoms with van der Waals surface area (Å²) in [6.45, 7) is 3.69. The molecule has 0 heterocycles. The van der Waals surface area contributed by atoms with Crippen LogP contribution in [-0.2, 0) is 10.2 Å². The van der Waals surface area contributed by atoms with Gasteiger partial charge in [-0.05, 0) is 37.7 Å². The van der Waals surface area contributed by atoms with Crippen molar-refractivity contribution < 1.29 is 21.6 Å². The van der Waals surface area contributed by atoms with Gasteiger partial charge < -0.3 is 5.32 Å². The van der Waals surface area contributed by atoms with Crippen molar-refractivity contribution in [3.63, 3.8) is 0 Å². The van der Waals surface area contributed by atoms with Crippen LogP contribution < -0.4 is 10.0 Å². The molecule has 10 heteroatoms. The second kappa shape index (κ2) is 9.82. The van der Waals surface area contributed by atoms with Crippen molar-refractivity contribution in [2.75, 3.05) is 39.0 Å². The van der Waals surface area contributed by atoms with Crippen molar-refractivity contribution in [1.82, 2.24) is 14.3 Å². The van der Waals surface area contributed by atoms with E-state index >= 15 is 0 Å². The molecular weight excluding hydrogens is 315 g/mol. The highest BCUT2D eigenvalue weighted by atomic mass is 32.2. The summed E-state index contributed by atoms with van der Waals surface area (Å²) in [5.41, 5.74) is -4.33. The molecule has 0 aliphatic carbocycles. The first-order valence-electron chi connectivity index (χ1n) is 6.31. The van der Waals surface area contributed by atoms with Crippen LogP contribution in [0.1, 0.15) is 19.8 Å². The van der Waals surface area contributed by atoms with Gasteiger partial charge in [0, 0.05) is 25.9 Å². The molecule has 0 unspecified atom stereocenters. The minimum absolute atomic E-state index is 0.243. The zero-order valence-corrected chi connectivity index (χ0v) is 13.3. The van der Waals surface area contributed by atoms with Crippen LogP contribution in [0.2, 0.25) is 0 Å². The van der Waals surface area contributed by atoms with Crippen LogP contribution >= 0.6 is 11.8 Å². The third kappa shape index (κ3) is 10.7. The summed E-state index contributed by atoms with van der Waals surface area (Å²) in [5, 5.41) is 3.14. The number of nitrogens with one attached hydrogen (secondary N) is 2. The molecule has 5 nitrogen and oxygen atoms in total. The van der Waals surface area contributed by atoms with E-state index in [0.29, 0.717) is 19.5 Å². The number of hydrogen-bond acceptors (Lipinski definition) is 4. The van der Waals surface area contributed by atoms with Crippen LogP contribution in [0.15, 0.2) is 0 Å². The smallest absolute Gasteiger partial charge is 0.317 e. The third-order valence-electron chi connectivity index (χ3n) is 2.32. The second-order valence-electron chi connectivity index (χ2n) is 4.12. The molecule has 0 aliphatic heterocycles. The van der Waals surface area contributed by atoms with Crippen LogP contribution in [0, 0.1) is 0 Å². The fourth-order valence-corrected chi connectivity index (χ4v) is 2.81. The third-order valence-corrected chi connectivity index (χ3v) is 4.62. The normalized spacial score (nSPS) is 13.1. The molecule has 2 N–H and O–H groups in total. The van der Waals surface area contributed by atoms with Crippen LogP contribution in [0.4, 0.5) is 13.2 Å². The standard InChI is InChI=1S/C10H22F3N3O2S2/c1-3-5-14-6-4-8-16(2)20(17,18)15-7-9-19-10(11,12)13/h14-15H,3-9H2,1-2H3. The van der Waals surface area contributed by atoms with E-state index in [1.807, 2.05) is 6.92 Å². The number of nitrogens with zero attached hydrogens (tertiary/aromatic N) is 1. The Morgan fingerprint density at radius 3 is 2.40 bits per heavy atom. The molecule has 0 atom stereocenters. The van der Waals surface area contributed by atoms with Gasteiger partial charge in [0.25, 0.3) is 10.2 Å². The lowest BCUT2D eigenvalue weighted by Crippen LogP contribution is -2.40.